The number of alkyl halides is 14. The van der Waals surface area contributed by atoms with E-state index in [1.165, 1.54) is 86.8 Å². The van der Waals surface area contributed by atoms with Crippen LogP contribution in [0, 0.1) is 136 Å². The van der Waals surface area contributed by atoms with Crippen molar-refractivity contribution in [3.05, 3.63) is 120 Å². The summed E-state index contributed by atoms with van der Waals surface area (Å²) in [5.74, 6) is -4.73. The van der Waals surface area contributed by atoms with Crippen molar-refractivity contribution in [2.24, 2.45) is 136 Å². The second-order valence-electron chi connectivity index (χ2n) is 41.9. The number of methoxy groups -OCH3 is 1. The average Bonchev–Trinajstić information content (AvgIpc) is 1.19. The van der Waals surface area contributed by atoms with Crippen molar-refractivity contribution in [1.29, 1.82) is 0 Å². The maximum Gasteiger partial charge on any atom is 0.426 e. The van der Waals surface area contributed by atoms with Gasteiger partial charge in [0.05, 0.1) is 71.6 Å². The number of aliphatic hydroxyl groups is 1. The number of ether oxygens (including phenoxy) is 7. The Bertz CT molecular complexity index is 4050. The van der Waals surface area contributed by atoms with Crippen LogP contribution in [0.1, 0.15) is 235 Å². The van der Waals surface area contributed by atoms with Gasteiger partial charge in [-0.15, -0.1) is 0 Å². The molecule has 2 aliphatic heterocycles. The van der Waals surface area contributed by atoms with Crippen molar-refractivity contribution in [2.45, 2.75) is 283 Å². The molecule has 0 radical (unpaired) electrons. The van der Waals surface area contributed by atoms with Gasteiger partial charge in [0, 0.05) is 94.3 Å². The lowest BCUT2D eigenvalue weighted by Gasteiger charge is -2.35. The van der Waals surface area contributed by atoms with Crippen LogP contribution in [0.5, 0.6) is 0 Å². The van der Waals surface area contributed by atoms with E-state index >= 15 is 0 Å². The zero-order chi connectivity index (χ0) is 97.1. The first-order valence-electron chi connectivity index (χ1n) is 50.4. The monoisotopic (exact) mass is 1910 g/mol. The highest BCUT2D eigenvalue weighted by Crippen LogP contribution is 2.56. The van der Waals surface area contributed by atoms with Gasteiger partial charge in [-0.1, -0.05) is 125 Å². The number of imide groups is 2. The van der Waals surface area contributed by atoms with Crippen molar-refractivity contribution in [1.82, 2.24) is 9.80 Å². The van der Waals surface area contributed by atoms with Crippen molar-refractivity contribution in [2.75, 3.05) is 99.5 Å². The largest absolute Gasteiger partial charge is 0.426 e. The molecule has 0 saturated heterocycles. The van der Waals surface area contributed by atoms with E-state index in [4.69, 9.17) is 38.3 Å². The number of halogens is 14. The number of nitrogens with zero attached hydrogens (tertiary/aromatic N) is 2. The first kappa shape index (κ1) is 109. The molecule has 0 aromatic heterocycles. The molecular formula is C106H152F14N2O12. The van der Waals surface area contributed by atoms with Gasteiger partial charge in [0.1, 0.15) is 0 Å². The van der Waals surface area contributed by atoms with Crippen LogP contribution in [0.4, 0.5) is 61.5 Å². The number of allylic oxidation sites excluding steroid dienone is 15. The summed E-state index contributed by atoms with van der Waals surface area (Å²) in [4.78, 5) is 50.6. The summed E-state index contributed by atoms with van der Waals surface area (Å²) >= 11 is 0. The first-order valence-corrected chi connectivity index (χ1v) is 50.4. The van der Waals surface area contributed by atoms with Gasteiger partial charge >= 0.3 is 12.4 Å². The highest BCUT2D eigenvalue weighted by Gasteiger charge is 2.71. The normalized spacial score (nSPS) is 32.9. The molecule has 756 valence electrons. The van der Waals surface area contributed by atoms with E-state index in [1.54, 1.807) is 47.0 Å². The Labute approximate surface area is 786 Å². The average molecular weight is 1910 g/mol. The molecule has 0 aromatic carbocycles. The molecule has 18 rings (SSSR count). The third-order valence-electron chi connectivity index (χ3n) is 31.7. The van der Waals surface area contributed by atoms with Gasteiger partial charge < -0.3 is 38.3 Å². The standard InChI is InChI=1S/C17H22F8.C16H21NO2.C14H17NO2.C14H24O3.C13H22O2.C12H20O.C11H12F6O.C9H14O/c1-2-14(18,19)8-16(22,23)10-17(24,25)9-15(20,21)7-13-6-11-3-4-12(13)5-11;1-10-11(2)16(19)17(15(10)18)7-3-4-13-8-12-5-6-14(13)9-12;1-8-9(2)14(17)15(13(8)16)7-12-6-10-3-4-11(12)5-10;1-2-5-15-6-7-16-8-9-17-14-11-12-3-4-13(14)10-12;1-2-5-14-6-7-15-10-13-9-11-3-4-12(13)8-11;1-2-6-13-7-5-12-9-10-3-4-11(12)8-10;12-10(13,14)9(18,11(15,16)17)5-8-4-6-1-2-7(8)3-6;1-10-6-9-5-7-2-3-8(9)4-7/h3-4,11-13H,2,5-10H2,1H3;5-6,12-14H,3-4,7-9H2,1-2H3;3-4,10-12H,5-7H2,1-2H3;3-4,12-14H,2,5-11H2,1H3;3-4,11-13H,2,5-10H2,1H3;3-4,10-12H,2,5-9H2,1H3;1-2,6-8,18H,3-5H2;2-3,7-9H,4-6H2,1H3. The Hall–Kier alpha value is -5.62. The molecule has 18 aliphatic rings. The van der Waals surface area contributed by atoms with E-state index in [2.05, 4.69) is 93.7 Å². The number of rotatable bonds is 40. The number of hydrogen-bond donors (Lipinski definition) is 1. The Morgan fingerprint density at radius 3 is 0.993 bits per heavy atom. The molecule has 28 heteroatoms. The minimum absolute atomic E-state index is 0.0608. The lowest BCUT2D eigenvalue weighted by molar-refractivity contribution is -0.373. The van der Waals surface area contributed by atoms with Gasteiger partial charge in [-0.25, -0.2) is 35.1 Å². The van der Waals surface area contributed by atoms with Crippen LogP contribution in [0.15, 0.2) is 120 Å². The number of fused-ring (bicyclic) bond motifs is 16. The summed E-state index contributed by atoms with van der Waals surface area (Å²) in [7, 11) is 1.80. The number of amides is 4. The summed E-state index contributed by atoms with van der Waals surface area (Å²) < 4.78 is 222. The van der Waals surface area contributed by atoms with Crippen molar-refractivity contribution >= 4 is 23.6 Å². The predicted molar refractivity (Wildman–Crippen MR) is 488 cm³/mol. The zero-order valence-corrected chi connectivity index (χ0v) is 80.4. The molecule has 2 heterocycles. The smallest absolute Gasteiger partial charge is 0.384 e. The molecule has 0 spiro atoms. The van der Waals surface area contributed by atoms with Crippen LogP contribution in [-0.2, 0) is 52.3 Å². The van der Waals surface area contributed by atoms with Gasteiger partial charge in [0.15, 0.2) is 0 Å². The minimum atomic E-state index is -5.70. The van der Waals surface area contributed by atoms with E-state index in [0.717, 1.165) is 188 Å². The molecule has 16 bridgehead atoms. The van der Waals surface area contributed by atoms with Crippen LogP contribution in [0.25, 0.3) is 0 Å². The molecule has 1 N–H and O–H groups in total. The Morgan fingerprint density at radius 1 is 0.321 bits per heavy atom. The van der Waals surface area contributed by atoms with Crippen LogP contribution in [0.2, 0.25) is 0 Å². The van der Waals surface area contributed by atoms with Gasteiger partial charge in [0.2, 0.25) is 0 Å². The summed E-state index contributed by atoms with van der Waals surface area (Å²) in [6.07, 6.45) is 39.7. The number of hydrogen-bond acceptors (Lipinski definition) is 12. The van der Waals surface area contributed by atoms with E-state index in [9.17, 15) is 80.6 Å². The number of carbonyl (C=O) groups is 4. The first-order chi connectivity index (χ1) is 63.5. The molecule has 14 nitrogen and oxygen atoms in total. The topological polar surface area (TPSA) is 160 Å². The van der Waals surface area contributed by atoms with E-state index in [-0.39, 0.29) is 53.7 Å². The lowest BCUT2D eigenvalue weighted by atomic mass is 9.82. The quantitative estimate of drug-likeness (QED) is 0.0268. The summed E-state index contributed by atoms with van der Waals surface area (Å²) in [5, 5.41) is 9.10. The lowest BCUT2D eigenvalue weighted by Crippen LogP contribution is -2.58. The van der Waals surface area contributed by atoms with Crippen LogP contribution >= 0.6 is 0 Å². The zero-order valence-electron chi connectivity index (χ0n) is 80.4. The highest BCUT2D eigenvalue weighted by atomic mass is 19.4. The summed E-state index contributed by atoms with van der Waals surface area (Å²) in [6.45, 7) is 25.3. The second kappa shape index (κ2) is 49.2. The maximum atomic E-state index is 14.0. The molecule has 8 saturated carbocycles. The molecule has 4 amide bonds. The Balaban J connectivity index is 0.000000149. The molecule has 0 aromatic rings. The van der Waals surface area contributed by atoms with Crippen molar-refractivity contribution in [3.8, 4) is 0 Å². The van der Waals surface area contributed by atoms with Gasteiger partial charge in [-0.3, -0.25) is 29.0 Å². The molecule has 8 fully saturated rings. The third-order valence-corrected chi connectivity index (χ3v) is 31.7. The van der Waals surface area contributed by atoms with E-state index in [0.29, 0.717) is 97.8 Å². The van der Waals surface area contributed by atoms with Crippen LogP contribution in [0.3, 0.4) is 0 Å². The summed E-state index contributed by atoms with van der Waals surface area (Å²) in [6, 6.07) is 0. The SMILES string of the molecule is CC1=C(C)C(=O)N(CC2CC3C=CC2C3)C1=O.CC1=C(C)C(=O)N(CCCC2CC3C=CC2C3)C1=O.CCC(F)(F)CC(F)(F)CC(F)(F)CC(F)(F)CC1CC2C=CC1C2.CCCOCCC1CC2C=CC1C2.CCCOCCOCC1CC2C=CC1C2.CCCOCCOCCOC1CC2C=CC1C2.COCC1CC2C=CC1C2.OC(CC1CC2C=CC1C2)(C(F)(F)F)C(F)(F)F. The highest BCUT2D eigenvalue weighted by molar-refractivity contribution is 6.19. The van der Waals surface area contributed by atoms with Gasteiger partial charge in [-0.2, -0.15) is 26.3 Å². The Kier molecular flexibility index (Phi) is 39.9. The second-order valence-corrected chi connectivity index (χ2v) is 41.9. The van der Waals surface area contributed by atoms with E-state index in [1.807, 2.05) is 12.2 Å². The maximum absolute atomic E-state index is 14.0. The van der Waals surface area contributed by atoms with Crippen LogP contribution < -0.4 is 0 Å². The van der Waals surface area contributed by atoms with E-state index < -0.39 is 92.0 Å². The molecule has 134 heavy (non-hydrogen) atoms. The summed E-state index contributed by atoms with van der Waals surface area (Å²) in [5.41, 5.74) is -2.12. The molecule has 24 unspecified atom stereocenters. The van der Waals surface area contributed by atoms with Crippen molar-refractivity contribution in [3.63, 3.8) is 0 Å². The third kappa shape index (κ3) is 30.2. The van der Waals surface area contributed by atoms with Crippen LogP contribution in [-0.4, -0.2) is 186 Å². The molecule has 24 atom stereocenters. The molecule has 16 aliphatic carbocycles. The van der Waals surface area contributed by atoms with Crippen molar-refractivity contribution < 1.29 is 119 Å². The van der Waals surface area contributed by atoms with Gasteiger partial charge in [0.25, 0.3) is 52.9 Å². The van der Waals surface area contributed by atoms with Gasteiger partial charge in [-0.05, 0) is 306 Å². The molecular weight excluding hydrogens is 1760 g/mol. The predicted octanol–water partition coefficient (Wildman–Crippen LogP) is 24.7. The fourth-order valence-electron chi connectivity index (χ4n) is 24.3. The minimum Gasteiger partial charge on any atom is -0.384 e. The Morgan fingerprint density at radius 2 is 0.634 bits per heavy atom. The fraction of sp³-hybridized carbons (Fsp3) is 0.774. The fourth-order valence-corrected chi connectivity index (χ4v) is 24.3. The number of carbonyl (C=O) groups excluding carboxylic acids is 4.